The van der Waals surface area contributed by atoms with Gasteiger partial charge in [-0.1, -0.05) is 22.0 Å². The summed E-state index contributed by atoms with van der Waals surface area (Å²) >= 11 is 3.47. The molecule has 0 bridgehead atoms. The van der Waals surface area contributed by atoms with Crippen LogP contribution in [0.1, 0.15) is 19.4 Å². The summed E-state index contributed by atoms with van der Waals surface area (Å²) in [6, 6.07) is 3.72. The molecule has 1 rings (SSSR count). The highest BCUT2D eigenvalue weighted by Gasteiger charge is 2.09. The smallest absolute Gasteiger partial charge is 0.161 e. The van der Waals surface area contributed by atoms with Crippen LogP contribution in [0.4, 0.5) is 0 Å². The molecule has 1 aromatic rings. The lowest BCUT2D eigenvalue weighted by molar-refractivity contribution is 0.232. The van der Waals surface area contributed by atoms with Gasteiger partial charge in [0, 0.05) is 4.47 Å². The van der Waals surface area contributed by atoms with E-state index in [-0.39, 0.29) is 0 Å². The Hall–Kier alpha value is -1.00. The Balaban J connectivity index is 3.22. The van der Waals surface area contributed by atoms with Crippen molar-refractivity contribution in [2.75, 3.05) is 14.2 Å². The molecule has 0 spiro atoms. The number of hydrogen-bond donors (Lipinski definition) is 1. The van der Waals surface area contributed by atoms with Crippen LogP contribution < -0.4 is 9.47 Å². The molecule has 94 valence electrons. The van der Waals surface area contributed by atoms with Gasteiger partial charge >= 0.3 is 0 Å². The number of methoxy groups -OCH3 is 2. The molecular weight excluding hydrogens is 284 g/mol. The third kappa shape index (κ3) is 3.48. The van der Waals surface area contributed by atoms with Crippen LogP contribution in [-0.2, 0) is 0 Å². The summed E-state index contributed by atoms with van der Waals surface area (Å²) in [5.41, 5.74) is 1.83. The molecule has 0 saturated heterocycles. The van der Waals surface area contributed by atoms with Crippen molar-refractivity contribution >= 4 is 22.0 Å². The molecule has 0 radical (unpaired) electrons. The van der Waals surface area contributed by atoms with Crippen molar-refractivity contribution in [3.63, 3.8) is 0 Å². The van der Waals surface area contributed by atoms with E-state index in [0.717, 1.165) is 15.6 Å². The fourth-order valence-electron chi connectivity index (χ4n) is 1.35. The molecule has 1 N–H and O–H groups in total. The SMILES string of the molecule is COc1cc(Br)c(/C=C(/C)C(C)O)cc1OC. The number of rotatable bonds is 4. The van der Waals surface area contributed by atoms with E-state index in [1.165, 1.54) is 0 Å². The van der Waals surface area contributed by atoms with E-state index < -0.39 is 6.10 Å². The molecule has 1 aromatic carbocycles. The van der Waals surface area contributed by atoms with Gasteiger partial charge in [0.25, 0.3) is 0 Å². The monoisotopic (exact) mass is 300 g/mol. The second-order valence-corrected chi connectivity index (χ2v) is 4.65. The first-order valence-corrected chi connectivity index (χ1v) is 6.06. The fraction of sp³-hybridized carbons (Fsp3) is 0.385. The highest BCUT2D eigenvalue weighted by Crippen LogP contribution is 2.34. The Bertz CT molecular complexity index is 425. The molecule has 0 fully saturated rings. The second-order valence-electron chi connectivity index (χ2n) is 3.79. The lowest BCUT2D eigenvalue weighted by atomic mass is 10.1. The van der Waals surface area contributed by atoms with Crippen LogP contribution in [-0.4, -0.2) is 25.4 Å². The quantitative estimate of drug-likeness (QED) is 0.928. The second kappa shape index (κ2) is 6.07. The van der Waals surface area contributed by atoms with Gasteiger partial charge in [-0.2, -0.15) is 0 Å². The average Bonchev–Trinajstić information content (AvgIpc) is 2.30. The average molecular weight is 301 g/mol. The van der Waals surface area contributed by atoms with E-state index in [1.807, 2.05) is 25.1 Å². The molecule has 0 amide bonds. The van der Waals surface area contributed by atoms with Crippen LogP contribution in [0.2, 0.25) is 0 Å². The Morgan fingerprint density at radius 2 is 1.82 bits per heavy atom. The van der Waals surface area contributed by atoms with E-state index in [1.54, 1.807) is 21.1 Å². The van der Waals surface area contributed by atoms with Crippen LogP contribution in [0, 0.1) is 0 Å². The van der Waals surface area contributed by atoms with E-state index >= 15 is 0 Å². The number of halogens is 1. The van der Waals surface area contributed by atoms with Gasteiger partial charge in [0.2, 0.25) is 0 Å². The molecule has 4 heteroatoms. The molecule has 0 aliphatic rings. The minimum atomic E-state index is -0.463. The van der Waals surface area contributed by atoms with Gasteiger partial charge in [-0.05, 0) is 37.1 Å². The standard InChI is InChI=1S/C13H17BrO3/c1-8(9(2)15)5-10-6-12(16-3)13(17-4)7-11(10)14/h5-7,9,15H,1-4H3/b8-5-. The van der Waals surface area contributed by atoms with Crippen molar-refractivity contribution in [2.24, 2.45) is 0 Å². The van der Waals surface area contributed by atoms with Crippen molar-refractivity contribution in [3.05, 3.63) is 27.7 Å². The van der Waals surface area contributed by atoms with Crippen LogP contribution in [0.15, 0.2) is 22.2 Å². The van der Waals surface area contributed by atoms with E-state index in [0.29, 0.717) is 11.5 Å². The number of aliphatic hydroxyl groups excluding tert-OH is 1. The van der Waals surface area contributed by atoms with Crippen molar-refractivity contribution in [2.45, 2.75) is 20.0 Å². The maximum atomic E-state index is 9.46. The normalized spacial score (nSPS) is 13.4. The van der Waals surface area contributed by atoms with E-state index in [2.05, 4.69) is 15.9 Å². The Labute approximate surface area is 110 Å². The summed E-state index contributed by atoms with van der Waals surface area (Å²) in [6.07, 6.45) is 1.45. The maximum Gasteiger partial charge on any atom is 0.161 e. The van der Waals surface area contributed by atoms with Crippen LogP contribution >= 0.6 is 15.9 Å². The molecule has 0 saturated carbocycles. The highest BCUT2D eigenvalue weighted by atomic mass is 79.9. The van der Waals surface area contributed by atoms with Crippen molar-refractivity contribution in [1.82, 2.24) is 0 Å². The molecule has 1 atom stereocenters. The Morgan fingerprint density at radius 3 is 2.29 bits per heavy atom. The van der Waals surface area contributed by atoms with Crippen molar-refractivity contribution in [3.8, 4) is 11.5 Å². The number of benzene rings is 1. The zero-order valence-corrected chi connectivity index (χ0v) is 12.0. The largest absolute Gasteiger partial charge is 0.493 e. The van der Waals surface area contributed by atoms with Crippen LogP contribution in [0.5, 0.6) is 11.5 Å². The third-order valence-electron chi connectivity index (χ3n) is 2.55. The molecule has 0 aliphatic heterocycles. The van der Waals surface area contributed by atoms with Gasteiger partial charge in [0.15, 0.2) is 11.5 Å². The van der Waals surface area contributed by atoms with Crippen molar-refractivity contribution in [1.29, 1.82) is 0 Å². The summed E-state index contributed by atoms with van der Waals surface area (Å²) in [6.45, 7) is 3.62. The van der Waals surface area contributed by atoms with Gasteiger partial charge in [-0.25, -0.2) is 0 Å². The van der Waals surface area contributed by atoms with Crippen LogP contribution in [0.3, 0.4) is 0 Å². The van der Waals surface area contributed by atoms with E-state index in [9.17, 15) is 5.11 Å². The first-order valence-electron chi connectivity index (χ1n) is 5.27. The molecule has 3 nitrogen and oxygen atoms in total. The molecule has 17 heavy (non-hydrogen) atoms. The molecular formula is C13H17BrO3. The fourth-order valence-corrected chi connectivity index (χ4v) is 1.78. The number of ether oxygens (including phenoxy) is 2. The van der Waals surface area contributed by atoms with Gasteiger partial charge in [-0.3, -0.25) is 0 Å². The Morgan fingerprint density at radius 1 is 1.29 bits per heavy atom. The van der Waals surface area contributed by atoms with Gasteiger partial charge in [0.1, 0.15) is 0 Å². The minimum absolute atomic E-state index is 0.463. The summed E-state index contributed by atoms with van der Waals surface area (Å²) in [5, 5.41) is 9.46. The zero-order valence-electron chi connectivity index (χ0n) is 10.5. The minimum Gasteiger partial charge on any atom is -0.493 e. The first kappa shape index (κ1) is 14.1. The van der Waals surface area contributed by atoms with Crippen LogP contribution in [0.25, 0.3) is 6.08 Å². The number of aliphatic hydroxyl groups is 1. The van der Waals surface area contributed by atoms with Gasteiger partial charge in [0.05, 0.1) is 20.3 Å². The predicted octanol–water partition coefficient (Wildman–Crippen LogP) is 3.25. The maximum absolute atomic E-state index is 9.46. The van der Waals surface area contributed by atoms with E-state index in [4.69, 9.17) is 9.47 Å². The Kier molecular flexibility index (Phi) is 5.02. The summed E-state index contributed by atoms with van der Waals surface area (Å²) in [4.78, 5) is 0. The third-order valence-corrected chi connectivity index (χ3v) is 3.23. The van der Waals surface area contributed by atoms with Gasteiger partial charge < -0.3 is 14.6 Å². The summed E-state index contributed by atoms with van der Waals surface area (Å²) in [7, 11) is 3.20. The summed E-state index contributed by atoms with van der Waals surface area (Å²) < 4.78 is 11.3. The van der Waals surface area contributed by atoms with Gasteiger partial charge in [-0.15, -0.1) is 0 Å². The molecule has 0 aliphatic carbocycles. The molecule has 0 aromatic heterocycles. The summed E-state index contributed by atoms with van der Waals surface area (Å²) in [5.74, 6) is 1.34. The lowest BCUT2D eigenvalue weighted by Gasteiger charge is -2.11. The van der Waals surface area contributed by atoms with Crippen molar-refractivity contribution < 1.29 is 14.6 Å². The topological polar surface area (TPSA) is 38.7 Å². The molecule has 1 unspecified atom stereocenters. The first-order chi connectivity index (χ1) is 7.99. The zero-order chi connectivity index (χ0) is 13.0. The lowest BCUT2D eigenvalue weighted by Crippen LogP contribution is -2.00. The highest BCUT2D eigenvalue weighted by molar-refractivity contribution is 9.10. The predicted molar refractivity (Wildman–Crippen MR) is 72.6 cm³/mol. The number of hydrogen-bond acceptors (Lipinski definition) is 3. The molecule has 0 heterocycles.